The Kier molecular flexibility index (Phi) is 6.70. The average molecular weight is 230 g/mol. The smallest absolute Gasteiger partial charge is 0.475 e. The minimum atomic E-state index is -5.08. The first kappa shape index (κ1) is 16.1. The maximum absolute atomic E-state index is 10.6. The van der Waals surface area contributed by atoms with Gasteiger partial charge in [0.1, 0.15) is 0 Å². The van der Waals surface area contributed by atoms with Gasteiger partial charge in [-0.15, -0.1) is 0 Å². The zero-order valence-electron chi connectivity index (χ0n) is 8.21. The largest absolute Gasteiger partial charge is 0.490 e. The van der Waals surface area contributed by atoms with Crippen LogP contribution in [0.15, 0.2) is 0 Å². The molecule has 0 bridgehead atoms. The van der Waals surface area contributed by atoms with E-state index in [0.717, 1.165) is 0 Å². The molecule has 0 heterocycles. The molecular formula is C7H13F3N2O3. The number of nitrogens with two attached hydrogens (primary N) is 2. The van der Waals surface area contributed by atoms with Crippen LogP contribution in [0, 0.1) is 5.92 Å². The fourth-order valence-corrected chi connectivity index (χ4v) is 0.329. The van der Waals surface area contributed by atoms with Crippen molar-refractivity contribution in [1.82, 2.24) is 0 Å². The number of halogens is 3. The van der Waals surface area contributed by atoms with Gasteiger partial charge in [-0.1, -0.05) is 13.8 Å². The molecule has 0 aliphatic carbocycles. The highest BCUT2D eigenvalue weighted by atomic mass is 19.4. The number of carboxylic acid groups (broad SMARTS) is 1. The van der Waals surface area contributed by atoms with Crippen LogP contribution in [0.1, 0.15) is 13.8 Å². The van der Waals surface area contributed by atoms with E-state index in [1.165, 1.54) is 0 Å². The third kappa shape index (κ3) is 9.01. The van der Waals surface area contributed by atoms with Crippen LogP contribution in [-0.2, 0) is 9.59 Å². The van der Waals surface area contributed by atoms with Crippen molar-refractivity contribution in [1.29, 1.82) is 0 Å². The molecule has 0 aromatic heterocycles. The van der Waals surface area contributed by atoms with Gasteiger partial charge in [-0.3, -0.25) is 4.79 Å². The number of hydrogen-bond acceptors (Lipinski definition) is 3. The molecule has 15 heavy (non-hydrogen) atoms. The molecule has 0 spiro atoms. The van der Waals surface area contributed by atoms with E-state index < -0.39 is 24.1 Å². The molecule has 8 heteroatoms. The Morgan fingerprint density at radius 2 is 1.53 bits per heavy atom. The maximum Gasteiger partial charge on any atom is 0.490 e. The summed E-state index contributed by atoms with van der Waals surface area (Å²) in [7, 11) is 0. The van der Waals surface area contributed by atoms with E-state index in [1.54, 1.807) is 0 Å². The highest BCUT2D eigenvalue weighted by Gasteiger charge is 2.38. The molecular weight excluding hydrogens is 217 g/mol. The van der Waals surface area contributed by atoms with Gasteiger partial charge in [0.25, 0.3) is 0 Å². The standard InChI is InChI=1S/C5H12N2O.C2HF3O2/c1-3(2)4(6)5(7)8;3-2(4,5)1(6)7/h3-4H,6H2,1-2H3,(H2,7,8);(H,6,7)/t4-;/m0./s1. The van der Waals surface area contributed by atoms with Crippen LogP contribution in [0.4, 0.5) is 13.2 Å². The van der Waals surface area contributed by atoms with Crippen molar-refractivity contribution in [2.45, 2.75) is 26.1 Å². The SMILES string of the molecule is CC(C)[C@H](N)C(N)=O.O=C(O)C(F)(F)F. The molecule has 0 radical (unpaired) electrons. The Balaban J connectivity index is 0. The number of carbonyl (C=O) groups is 2. The van der Waals surface area contributed by atoms with E-state index in [-0.39, 0.29) is 5.92 Å². The molecule has 1 atom stereocenters. The van der Waals surface area contributed by atoms with E-state index in [2.05, 4.69) is 0 Å². The average Bonchev–Trinajstić information content (AvgIpc) is 2.01. The van der Waals surface area contributed by atoms with Crippen molar-refractivity contribution in [3.8, 4) is 0 Å². The van der Waals surface area contributed by atoms with Crippen LogP contribution in [-0.4, -0.2) is 29.2 Å². The molecule has 0 unspecified atom stereocenters. The van der Waals surface area contributed by atoms with Crippen LogP contribution in [0.3, 0.4) is 0 Å². The maximum atomic E-state index is 10.6. The molecule has 90 valence electrons. The summed E-state index contributed by atoms with van der Waals surface area (Å²) in [5, 5.41) is 7.12. The van der Waals surface area contributed by atoms with Crippen molar-refractivity contribution in [3.05, 3.63) is 0 Å². The number of hydrogen-bond donors (Lipinski definition) is 3. The Labute approximate surface area is 84.2 Å². The van der Waals surface area contributed by atoms with Crippen molar-refractivity contribution in [3.63, 3.8) is 0 Å². The summed E-state index contributed by atoms with van der Waals surface area (Å²) in [5.41, 5.74) is 10.2. The summed E-state index contributed by atoms with van der Waals surface area (Å²) in [6.07, 6.45) is -5.08. The molecule has 5 nitrogen and oxygen atoms in total. The fraction of sp³-hybridized carbons (Fsp3) is 0.714. The number of amides is 1. The van der Waals surface area contributed by atoms with Crippen LogP contribution >= 0.6 is 0 Å². The summed E-state index contributed by atoms with van der Waals surface area (Å²) >= 11 is 0. The predicted octanol–water partition coefficient (Wildman–Crippen LogP) is 0.0883. The topological polar surface area (TPSA) is 106 Å². The van der Waals surface area contributed by atoms with Crippen molar-refractivity contribution < 1.29 is 27.9 Å². The van der Waals surface area contributed by atoms with E-state index in [1.807, 2.05) is 13.8 Å². The second kappa shape index (κ2) is 6.23. The lowest BCUT2D eigenvalue weighted by Crippen LogP contribution is -2.40. The van der Waals surface area contributed by atoms with Gasteiger partial charge in [-0.2, -0.15) is 13.2 Å². The van der Waals surface area contributed by atoms with Gasteiger partial charge in [-0.25, -0.2) is 4.79 Å². The lowest BCUT2D eigenvalue weighted by atomic mass is 10.1. The van der Waals surface area contributed by atoms with E-state index in [0.29, 0.717) is 0 Å². The highest BCUT2D eigenvalue weighted by molar-refractivity contribution is 5.79. The molecule has 1 amide bonds. The summed E-state index contributed by atoms with van der Waals surface area (Å²) < 4.78 is 31.7. The zero-order chi connectivity index (χ0) is 12.8. The lowest BCUT2D eigenvalue weighted by molar-refractivity contribution is -0.192. The van der Waals surface area contributed by atoms with Crippen LogP contribution in [0.25, 0.3) is 0 Å². The van der Waals surface area contributed by atoms with Crippen LogP contribution in [0.5, 0.6) is 0 Å². The number of primary amides is 1. The first-order chi connectivity index (χ1) is 6.50. The van der Waals surface area contributed by atoms with Crippen molar-refractivity contribution in [2.24, 2.45) is 17.4 Å². The van der Waals surface area contributed by atoms with E-state index >= 15 is 0 Å². The molecule has 0 aliphatic heterocycles. The quantitative estimate of drug-likeness (QED) is 0.624. The number of carboxylic acids is 1. The summed E-state index contributed by atoms with van der Waals surface area (Å²) in [5.74, 6) is -3.04. The van der Waals surface area contributed by atoms with Gasteiger partial charge < -0.3 is 16.6 Å². The summed E-state index contributed by atoms with van der Waals surface area (Å²) in [4.78, 5) is 19.1. The van der Waals surface area contributed by atoms with Crippen LogP contribution < -0.4 is 11.5 Å². The molecule has 5 N–H and O–H groups in total. The molecule has 0 aromatic rings. The highest BCUT2D eigenvalue weighted by Crippen LogP contribution is 2.13. The minimum absolute atomic E-state index is 0.146. The van der Waals surface area contributed by atoms with Gasteiger partial charge in [0, 0.05) is 0 Å². The lowest BCUT2D eigenvalue weighted by Gasteiger charge is -2.09. The van der Waals surface area contributed by atoms with Crippen LogP contribution in [0.2, 0.25) is 0 Å². The molecule has 0 aliphatic rings. The zero-order valence-corrected chi connectivity index (χ0v) is 8.21. The summed E-state index contributed by atoms with van der Waals surface area (Å²) in [6, 6.07) is -0.491. The van der Waals surface area contributed by atoms with Gasteiger partial charge in [0.2, 0.25) is 5.91 Å². The minimum Gasteiger partial charge on any atom is -0.475 e. The summed E-state index contributed by atoms with van der Waals surface area (Å²) in [6.45, 7) is 3.71. The molecule has 0 aromatic carbocycles. The first-order valence-corrected chi connectivity index (χ1v) is 3.85. The Hall–Kier alpha value is -1.31. The molecule has 0 saturated carbocycles. The van der Waals surface area contributed by atoms with Gasteiger partial charge >= 0.3 is 12.1 Å². The monoisotopic (exact) mass is 230 g/mol. The fourth-order valence-electron chi connectivity index (χ4n) is 0.329. The van der Waals surface area contributed by atoms with Gasteiger partial charge in [-0.05, 0) is 5.92 Å². The Morgan fingerprint density at radius 1 is 1.27 bits per heavy atom. The van der Waals surface area contributed by atoms with Gasteiger partial charge in [0.15, 0.2) is 0 Å². The first-order valence-electron chi connectivity index (χ1n) is 3.85. The second-order valence-electron chi connectivity index (χ2n) is 2.98. The third-order valence-electron chi connectivity index (χ3n) is 1.29. The molecule has 0 rings (SSSR count). The van der Waals surface area contributed by atoms with E-state index in [9.17, 15) is 18.0 Å². The molecule has 0 saturated heterocycles. The van der Waals surface area contributed by atoms with Crippen molar-refractivity contribution >= 4 is 11.9 Å². The third-order valence-corrected chi connectivity index (χ3v) is 1.29. The second-order valence-corrected chi connectivity index (χ2v) is 2.98. The predicted molar refractivity (Wildman–Crippen MR) is 45.7 cm³/mol. The van der Waals surface area contributed by atoms with E-state index in [4.69, 9.17) is 21.4 Å². The Morgan fingerprint density at radius 3 is 1.53 bits per heavy atom. The number of rotatable bonds is 2. The van der Waals surface area contributed by atoms with Crippen molar-refractivity contribution in [2.75, 3.05) is 0 Å². The normalized spacial score (nSPS) is 12.7. The number of alkyl halides is 3. The Bertz CT molecular complexity index is 228. The number of carbonyl (C=O) groups excluding carboxylic acids is 1. The van der Waals surface area contributed by atoms with Gasteiger partial charge in [0.05, 0.1) is 6.04 Å². The molecule has 0 fully saturated rings. The number of aliphatic carboxylic acids is 1.